The molecule has 5 aromatic rings. The van der Waals surface area contributed by atoms with Gasteiger partial charge in [0, 0.05) is 18.0 Å². The van der Waals surface area contributed by atoms with Crippen molar-refractivity contribution in [1.82, 2.24) is 13.7 Å². The largest absolute Gasteiger partial charge is 0.338 e. The number of rotatable bonds is 3. The maximum absolute atomic E-state index is 14.5. The van der Waals surface area contributed by atoms with Crippen LogP contribution in [0.4, 0.5) is 4.39 Å². The molecule has 0 spiro atoms. The summed E-state index contributed by atoms with van der Waals surface area (Å²) >= 11 is 0. The molecule has 5 rings (SSSR count). The van der Waals surface area contributed by atoms with Gasteiger partial charge in [-0.05, 0) is 44.2 Å². The van der Waals surface area contributed by atoms with E-state index in [1.807, 2.05) is 55.8 Å². The summed E-state index contributed by atoms with van der Waals surface area (Å²) in [6, 6.07) is 19.5. The number of hydrogen-bond acceptors (Lipinski definition) is 2. The SMILES string of the molecule is Cc1ccc(-n2c(=O)c3c(c4cc(C)ccc4n3C)n(Cc3ccccc3F)c2=O)cc1. The zero-order valence-corrected chi connectivity index (χ0v) is 18.1. The summed E-state index contributed by atoms with van der Waals surface area (Å²) < 4.78 is 19.0. The Morgan fingerprint density at radius 3 is 2.25 bits per heavy atom. The van der Waals surface area contributed by atoms with Gasteiger partial charge in [0.05, 0.1) is 23.3 Å². The van der Waals surface area contributed by atoms with Crippen molar-refractivity contribution >= 4 is 21.9 Å². The second kappa shape index (κ2) is 7.34. The van der Waals surface area contributed by atoms with Gasteiger partial charge in [0.15, 0.2) is 0 Å². The molecule has 3 aromatic carbocycles. The lowest BCUT2D eigenvalue weighted by atomic mass is 10.1. The summed E-state index contributed by atoms with van der Waals surface area (Å²) in [5.41, 5.74) is 3.78. The second-order valence-electron chi connectivity index (χ2n) is 8.21. The summed E-state index contributed by atoms with van der Waals surface area (Å²) in [5, 5.41) is 0.795. The number of aromatic nitrogens is 3. The van der Waals surface area contributed by atoms with Crippen LogP contribution in [-0.2, 0) is 13.6 Å². The monoisotopic (exact) mass is 427 g/mol. The minimum absolute atomic E-state index is 0.0151. The van der Waals surface area contributed by atoms with E-state index in [0.29, 0.717) is 22.3 Å². The molecule has 6 heteroatoms. The molecule has 0 saturated heterocycles. The van der Waals surface area contributed by atoms with E-state index >= 15 is 0 Å². The molecule has 2 heterocycles. The lowest BCUT2D eigenvalue weighted by molar-refractivity contribution is 0.594. The third kappa shape index (κ3) is 2.99. The molecular weight excluding hydrogens is 405 g/mol. The van der Waals surface area contributed by atoms with Gasteiger partial charge in [-0.15, -0.1) is 0 Å². The van der Waals surface area contributed by atoms with Crippen LogP contribution in [0.25, 0.3) is 27.6 Å². The van der Waals surface area contributed by atoms with Crippen molar-refractivity contribution in [2.75, 3.05) is 0 Å². The number of nitrogens with zero attached hydrogens (tertiary/aromatic N) is 3. The molecule has 5 nitrogen and oxygen atoms in total. The van der Waals surface area contributed by atoms with Gasteiger partial charge >= 0.3 is 5.69 Å². The van der Waals surface area contributed by atoms with Crippen LogP contribution in [0.3, 0.4) is 0 Å². The first-order valence-corrected chi connectivity index (χ1v) is 10.4. The Bertz CT molecular complexity index is 1620. The molecular formula is C26H22FN3O2. The van der Waals surface area contributed by atoms with Crippen molar-refractivity contribution in [1.29, 1.82) is 0 Å². The van der Waals surface area contributed by atoms with Gasteiger partial charge in [0.25, 0.3) is 5.56 Å². The van der Waals surface area contributed by atoms with Gasteiger partial charge in [-0.2, -0.15) is 0 Å². The van der Waals surface area contributed by atoms with Crippen LogP contribution < -0.4 is 11.2 Å². The maximum atomic E-state index is 14.5. The van der Waals surface area contributed by atoms with E-state index in [4.69, 9.17) is 0 Å². The first-order chi connectivity index (χ1) is 15.4. The van der Waals surface area contributed by atoms with Crippen molar-refractivity contribution in [3.8, 4) is 5.69 Å². The third-order valence-corrected chi connectivity index (χ3v) is 6.00. The van der Waals surface area contributed by atoms with Crippen molar-refractivity contribution in [3.05, 3.63) is 110 Å². The van der Waals surface area contributed by atoms with E-state index in [2.05, 4.69) is 0 Å². The average molecular weight is 427 g/mol. The van der Waals surface area contributed by atoms with Crippen LogP contribution in [-0.4, -0.2) is 13.7 Å². The molecule has 0 fully saturated rings. The number of fused-ring (bicyclic) bond motifs is 3. The normalized spacial score (nSPS) is 11.5. The summed E-state index contributed by atoms with van der Waals surface area (Å²) in [4.78, 5) is 27.4. The lowest BCUT2D eigenvalue weighted by Crippen LogP contribution is -2.39. The number of benzene rings is 3. The lowest BCUT2D eigenvalue weighted by Gasteiger charge is -2.14. The Labute approximate surface area is 183 Å². The molecule has 0 N–H and O–H groups in total. The Balaban J connectivity index is 1.96. The van der Waals surface area contributed by atoms with Crippen molar-refractivity contribution < 1.29 is 4.39 Å². The summed E-state index contributed by atoms with van der Waals surface area (Å²) in [5.74, 6) is -0.392. The van der Waals surface area contributed by atoms with Gasteiger partial charge in [-0.3, -0.25) is 9.36 Å². The van der Waals surface area contributed by atoms with E-state index in [-0.39, 0.29) is 6.54 Å². The molecule has 0 aliphatic rings. The highest BCUT2D eigenvalue weighted by molar-refractivity contribution is 6.06. The van der Waals surface area contributed by atoms with E-state index in [1.54, 1.807) is 30.3 Å². The van der Waals surface area contributed by atoms with Gasteiger partial charge < -0.3 is 4.57 Å². The van der Waals surface area contributed by atoms with Gasteiger partial charge in [-0.1, -0.05) is 47.5 Å². The Kier molecular flexibility index (Phi) is 4.59. The third-order valence-electron chi connectivity index (χ3n) is 6.00. The van der Waals surface area contributed by atoms with Gasteiger partial charge in [0.1, 0.15) is 11.3 Å². The van der Waals surface area contributed by atoms with Crippen molar-refractivity contribution in [3.63, 3.8) is 0 Å². The quantitative estimate of drug-likeness (QED) is 0.427. The predicted molar refractivity (Wildman–Crippen MR) is 125 cm³/mol. The van der Waals surface area contributed by atoms with Crippen LogP contribution in [0.15, 0.2) is 76.3 Å². The molecule has 32 heavy (non-hydrogen) atoms. The highest BCUT2D eigenvalue weighted by atomic mass is 19.1. The van der Waals surface area contributed by atoms with Crippen LogP contribution in [0, 0.1) is 19.7 Å². The summed E-state index contributed by atoms with van der Waals surface area (Å²) in [6.45, 7) is 3.92. The van der Waals surface area contributed by atoms with Crippen LogP contribution in [0.1, 0.15) is 16.7 Å². The Hall–Kier alpha value is -3.93. The van der Waals surface area contributed by atoms with Crippen LogP contribution >= 0.6 is 0 Å². The minimum atomic E-state index is -0.497. The fourth-order valence-corrected chi connectivity index (χ4v) is 4.33. The smallest absolute Gasteiger partial charge is 0.336 e. The Morgan fingerprint density at radius 2 is 1.53 bits per heavy atom. The minimum Gasteiger partial charge on any atom is -0.338 e. The molecule has 0 amide bonds. The first kappa shape index (κ1) is 20.0. The van der Waals surface area contributed by atoms with Crippen molar-refractivity contribution in [2.45, 2.75) is 20.4 Å². The molecule has 0 bridgehead atoms. The maximum Gasteiger partial charge on any atom is 0.336 e. The Morgan fingerprint density at radius 1 is 0.844 bits per heavy atom. The highest BCUT2D eigenvalue weighted by Gasteiger charge is 2.22. The van der Waals surface area contributed by atoms with E-state index < -0.39 is 17.1 Å². The molecule has 0 aliphatic heterocycles. The molecule has 0 aliphatic carbocycles. The zero-order chi connectivity index (χ0) is 22.6. The van der Waals surface area contributed by atoms with E-state index in [9.17, 15) is 14.0 Å². The van der Waals surface area contributed by atoms with Crippen LogP contribution in [0.2, 0.25) is 0 Å². The van der Waals surface area contributed by atoms with E-state index in [0.717, 1.165) is 22.0 Å². The van der Waals surface area contributed by atoms with E-state index in [1.165, 1.54) is 15.2 Å². The molecule has 0 radical (unpaired) electrons. The number of aryl methyl sites for hydroxylation is 3. The highest BCUT2D eigenvalue weighted by Crippen LogP contribution is 2.27. The number of halogens is 1. The number of hydrogen-bond donors (Lipinski definition) is 0. The van der Waals surface area contributed by atoms with Gasteiger partial charge in [0.2, 0.25) is 0 Å². The zero-order valence-electron chi connectivity index (χ0n) is 18.1. The summed E-state index contributed by atoms with van der Waals surface area (Å²) in [6.07, 6.45) is 0. The fourth-order valence-electron chi connectivity index (χ4n) is 4.33. The van der Waals surface area contributed by atoms with Gasteiger partial charge in [-0.25, -0.2) is 13.8 Å². The fraction of sp³-hybridized carbons (Fsp3) is 0.154. The summed E-state index contributed by atoms with van der Waals surface area (Å²) in [7, 11) is 1.82. The predicted octanol–water partition coefficient (Wildman–Crippen LogP) is 4.45. The average Bonchev–Trinajstić information content (AvgIpc) is 3.05. The molecule has 160 valence electrons. The molecule has 0 saturated carbocycles. The topological polar surface area (TPSA) is 48.9 Å². The van der Waals surface area contributed by atoms with Crippen LogP contribution in [0.5, 0.6) is 0 Å². The first-order valence-electron chi connectivity index (χ1n) is 10.4. The molecule has 0 atom stereocenters. The second-order valence-corrected chi connectivity index (χ2v) is 8.21. The standard InChI is InChI=1S/C26H22FN3O2/c1-16-8-11-19(12-9-16)30-25(31)24-23(20-14-17(2)10-13-22(20)28(24)3)29(26(30)32)15-18-6-4-5-7-21(18)27/h4-14H,15H2,1-3H3. The molecule has 2 aromatic heterocycles. The molecule has 0 unspecified atom stereocenters. The van der Waals surface area contributed by atoms with Crippen molar-refractivity contribution in [2.24, 2.45) is 7.05 Å².